The zero-order valence-electron chi connectivity index (χ0n) is 64.0. The number of carbonyl (C=O) groups excluding carboxylic acids is 4. The third-order valence-corrected chi connectivity index (χ3v) is 18.3. The van der Waals surface area contributed by atoms with Gasteiger partial charge in [0.25, 0.3) is 0 Å². The van der Waals surface area contributed by atoms with Gasteiger partial charge in [0.05, 0.1) is 26.4 Å². The summed E-state index contributed by atoms with van der Waals surface area (Å²) in [4.78, 5) is 73.0. The average molecular weight is 1470 g/mol. The van der Waals surface area contributed by atoms with Crippen LogP contribution in [-0.4, -0.2) is 96.7 Å². The lowest BCUT2D eigenvalue weighted by molar-refractivity contribution is -0.161. The lowest BCUT2D eigenvalue weighted by atomic mass is 10.1. The van der Waals surface area contributed by atoms with Gasteiger partial charge in [0.2, 0.25) is 0 Å². The van der Waals surface area contributed by atoms with Crippen LogP contribution in [0.5, 0.6) is 0 Å². The molecule has 586 valence electrons. The molecule has 3 N–H and O–H groups in total. The van der Waals surface area contributed by atoms with Crippen molar-refractivity contribution in [3.8, 4) is 0 Å². The van der Waals surface area contributed by atoms with Crippen molar-refractivity contribution in [2.75, 3.05) is 39.6 Å². The molecule has 102 heavy (non-hydrogen) atoms. The van der Waals surface area contributed by atoms with Crippen molar-refractivity contribution in [1.29, 1.82) is 0 Å². The van der Waals surface area contributed by atoms with E-state index in [-0.39, 0.29) is 25.7 Å². The van der Waals surface area contributed by atoms with Crippen LogP contribution in [0.1, 0.15) is 323 Å². The van der Waals surface area contributed by atoms with E-state index in [9.17, 15) is 43.2 Å². The number of aliphatic hydroxyl groups excluding tert-OH is 1. The summed E-state index contributed by atoms with van der Waals surface area (Å²) in [6, 6.07) is 0. The third-order valence-electron chi connectivity index (χ3n) is 16.4. The maximum absolute atomic E-state index is 13.1. The van der Waals surface area contributed by atoms with Crippen molar-refractivity contribution >= 4 is 39.5 Å². The van der Waals surface area contributed by atoms with Gasteiger partial charge in [-0.3, -0.25) is 37.3 Å². The summed E-state index contributed by atoms with van der Waals surface area (Å²) in [5.41, 5.74) is 0. The van der Waals surface area contributed by atoms with E-state index in [2.05, 4.69) is 137 Å². The molecule has 0 aliphatic carbocycles. The van der Waals surface area contributed by atoms with Gasteiger partial charge in [-0.05, 0) is 161 Å². The zero-order chi connectivity index (χ0) is 74.6. The second-order valence-electron chi connectivity index (χ2n) is 26.3. The van der Waals surface area contributed by atoms with Crippen LogP contribution >= 0.6 is 15.6 Å². The Kier molecular flexibility index (Phi) is 71.4. The molecule has 17 nitrogen and oxygen atoms in total. The molecule has 5 atom stereocenters. The third kappa shape index (κ3) is 73.8. The van der Waals surface area contributed by atoms with Gasteiger partial charge in [0.15, 0.2) is 12.2 Å². The molecule has 0 saturated carbocycles. The van der Waals surface area contributed by atoms with E-state index in [4.69, 9.17) is 37.0 Å². The molecule has 0 heterocycles. The summed E-state index contributed by atoms with van der Waals surface area (Å²) in [5.74, 6) is -2.28. The Labute approximate surface area is 619 Å². The van der Waals surface area contributed by atoms with Crippen molar-refractivity contribution in [2.45, 2.75) is 341 Å². The smallest absolute Gasteiger partial charge is 0.462 e. The highest BCUT2D eigenvalue weighted by Crippen LogP contribution is 2.45. The summed E-state index contributed by atoms with van der Waals surface area (Å²) in [6.07, 6.45) is 81.8. The topological polar surface area (TPSA) is 237 Å². The second kappa shape index (κ2) is 74.7. The largest absolute Gasteiger partial charge is 0.472 e. The first-order valence-corrected chi connectivity index (χ1v) is 42.8. The van der Waals surface area contributed by atoms with Gasteiger partial charge in [-0.1, -0.05) is 258 Å². The molecule has 0 spiro atoms. The van der Waals surface area contributed by atoms with Crippen molar-refractivity contribution < 1.29 is 80.2 Å². The van der Waals surface area contributed by atoms with Crippen molar-refractivity contribution in [2.24, 2.45) is 0 Å². The van der Waals surface area contributed by atoms with Gasteiger partial charge in [-0.25, -0.2) is 9.13 Å². The van der Waals surface area contributed by atoms with E-state index in [1.54, 1.807) is 0 Å². The van der Waals surface area contributed by atoms with E-state index in [0.29, 0.717) is 32.1 Å². The molecule has 0 radical (unpaired) electrons. The quantitative estimate of drug-likeness (QED) is 0.0169. The van der Waals surface area contributed by atoms with Crippen LogP contribution in [0.15, 0.2) is 122 Å². The molecular weight excluding hydrogens is 1330 g/mol. The maximum atomic E-state index is 13.1. The predicted molar refractivity (Wildman–Crippen MR) is 418 cm³/mol. The first-order chi connectivity index (χ1) is 49.7. The van der Waals surface area contributed by atoms with Crippen LogP contribution in [0, 0.1) is 0 Å². The van der Waals surface area contributed by atoms with Crippen molar-refractivity contribution in [3.05, 3.63) is 122 Å². The summed E-state index contributed by atoms with van der Waals surface area (Å²) >= 11 is 0. The maximum Gasteiger partial charge on any atom is 0.472 e. The van der Waals surface area contributed by atoms with Crippen LogP contribution in [0.2, 0.25) is 0 Å². The predicted octanol–water partition coefficient (Wildman–Crippen LogP) is 23.1. The Hall–Kier alpha value is -4.54. The number of hydrogen-bond donors (Lipinski definition) is 3. The molecular formula is C83H142O17P2. The molecule has 2 unspecified atom stereocenters. The molecule has 0 aromatic heterocycles. The zero-order valence-corrected chi connectivity index (χ0v) is 65.8. The molecule has 0 aromatic rings. The number of rotatable bonds is 74. The summed E-state index contributed by atoms with van der Waals surface area (Å²) < 4.78 is 68.5. The monoisotopic (exact) mass is 1470 g/mol. The minimum atomic E-state index is -5.00. The molecule has 0 aromatic carbocycles. The molecule has 0 amide bonds. The van der Waals surface area contributed by atoms with Crippen LogP contribution < -0.4 is 0 Å². The van der Waals surface area contributed by atoms with Crippen LogP contribution in [0.25, 0.3) is 0 Å². The Morgan fingerprint density at radius 3 is 0.775 bits per heavy atom. The van der Waals surface area contributed by atoms with E-state index >= 15 is 0 Å². The van der Waals surface area contributed by atoms with Gasteiger partial charge in [0.1, 0.15) is 19.3 Å². The molecule has 0 fully saturated rings. The first kappa shape index (κ1) is 97.5. The standard InChI is InChI=1S/C83H142O17P2/c1-5-9-13-17-21-25-29-33-37-38-42-46-50-54-58-62-66-70-83(88)100-79(74-94-81(86)68-64-60-56-52-48-44-40-35-31-27-23-19-15-11-7-3)76-98-102(91,92)96-72-77(84)71-95-101(89,90)97-75-78(99-82(87)69-65-61-57-53-49-45-41-36-32-28-24-20-16-12-8-4)73-93-80(85)67-63-59-55-51-47-43-39-34-30-26-22-18-14-10-6-2/h21-28,33-37,39-42,46,54,58,77-79,84H,5-20,29-32,38,43-45,47-53,55-57,59-76H2,1-4H3,(H,89,90)(H,91,92)/b25-21-,26-22-,27-23-,28-24-,37-33-,39-34-,40-35-,41-36-,46-42-,58-54-/t77-,78-,79-/m1/s1. The summed E-state index contributed by atoms with van der Waals surface area (Å²) in [5, 5.41) is 10.6. The number of aliphatic hydroxyl groups is 1. The molecule has 0 aliphatic rings. The van der Waals surface area contributed by atoms with E-state index in [1.165, 1.54) is 77.0 Å². The average Bonchev–Trinajstić information content (AvgIpc) is 0.917. The number of hydrogen-bond acceptors (Lipinski definition) is 15. The number of ether oxygens (including phenoxy) is 4. The fourth-order valence-corrected chi connectivity index (χ4v) is 11.8. The Morgan fingerprint density at radius 1 is 0.275 bits per heavy atom. The van der Waals surface area contributed by atoms with Crippen LogP contribution in [0.3, 0.4) is 0 Å². The lowest BCUT2D eigenvalue weighted by Crippen LogP contribution is -2.30. The van der Waals surface area contributed by atoms with Gasteiger partial charge >= 0.3 is 39.5 Å². The number of carbonyl (C=O) groups is 4. The van der Waals surface area contributed by atoms with Gasteiger partial charge < -0.3 is 33.8 Å². The van der Waals surface area contributed by atoms with E-state index < -0.39 is 97.5 Å². The molecule has 0 saturated heterocycles. The first-order valence-electron chi connectivity index (χ1n) is 39.8. The van der Waals surface area contributed by atoms with Crippen LogP contribution in [0.4, 0.5) is 0 Å². The van der Waals surface area contributed by atoms with Gasteiger partial charge in [-0.2, -0.15) is 0 Å². The number of esters is 4. The van der Waals surface area contributed by atoms with E-state index in [1.807, 2.05) is 12.2 Å². The van der Waals surface area contributed by atoms with Crippen molar-refractivity contribution in [3.63, 3.8) is 0 Å². The molecule has 0 aliphatic heterocycles. The van der Waals surface area contributed by atoms with Gasteiger partial charge in [0, 0.05) is 25.7 Å². The fourth-order valence-electron chi connectivity index (χ4n) is 10.2. The van der Waals surface area contributed by atoms with Crippen molar-refractivity contribution in [1.82, 2.24) is 0 Å². The van der Waals surface area contributed by atoms with Gasteiger partial charge in [-0.15, -0.1) is 0 Å². The van der Waals surface area contributed by atoms with E-state index in [0.717, 1.165) is 161 Å². The molecule has 0 rings (SSSR count). The minimum Gasteiger partial charge on any atom is -0.462 e. The fraction of sp³-hybridized carbons (Fsp3) is 0.711. The highest BCUT2D eigenvalue weighted by atomic mass is 31.2. The molecule has 0 bridgehead atoms. The Morgan fingerprint density at radius 2 is 0.490 bits per heavy atom. The second-order valence-corrected chi connectivity index (χ2v) is 29.2. The minimum absolute atomic E-state index is 0.0137. The molecule has 19 heteroatoms. The lowest BCUT2D eigenvalue weighted by Gasteiger charge is -2.21. The van der Waals surface area contributed by atoms with Crippen LogP contribution in [-0.2, 0) is 65.4 Å². The number of allylic oxidation sites excluding steroid dienone is 20. The number of unbranched alkanes of at least 4 members (excludes halogenated alkanes) is 28. The highest BCUT2D eigenvalue weighted by molar-refractivity contribution is 7.47. The highest BCUT2D eigenvalue weighted by Gasteiger charge is 2.30. The Balaban J connectivity index is 5.45. The SMILES string of the molecule is CCCCC/C=C\C/C=C\C/C=C\C/C=C\CCCC(=O)O[C@H](COC(=O)CCCCCCC/C=C\C/C=C\CCCCC)COP(=O)(O)OC[C@H](O)COP(=O)(O)OC[C@@H](COC(=O)CCCCCCC/C=C\C/C=C\CCCCC)OC(=O)CCCCCCC/C=C\C/C=C\CCCCC. The number of phosphoric ester groups is 2. The summed E-state index contributed by atoms with van der Waals surface area (Å²) in [6.45, 7) is 4.67. The normalized spacial score (nSPS) is 14.5. The Bertz CT molecular complexity index is 2410. The summed E-state index contributed by atoms with van der Waals surface area (Å²) in [7, 11) is -9.99. The number of phosphoric acid groups is 2.